The van der Waals surface area contributed by atoms with Crippen molar-refractivity contribution in [3.63, 3.8) is 0 Å². The van der Waals surface area contributed by atoms with Crippen molar-refractivity contribution in [1.82, 2.24) is 5.32 Å². The summed E-state index contributed by atoms with van der Waals surface area (Å²) in [4.78, 5) is 0. The Hall–Kier alpha value is 0.310. The van der Waals surface area contributed by atoms with Gasteiger partial charge in [-0.1, -0.05) is 27.7 Å². The molecule has 0 bridgehead atoms. The highest BCUT2D eigenvalue weighted by atomic mass is 32.2. The molecular formula is C13H29NS. The van der Waals surface area contributed by atoms with Crippen LogP contribution in [0, 0.1) is 11.8 Å². The van der Waals surface area contributed by atoms with Crippen molar-refractivity contribution in [2.45, 2.75) is 53.5 Å². The van der Waals surface area contributed by atoms with Crippen molar-refractivity contribution in [3.05, 3.63) is 0 Å². The van der Waals surface area contributed by atoms with E-state index in [4.69, 9.17) is 0 Å². The first kappa shape index (κ1) is 15.3. The van der Waals surface area contributed by atoms with Crippen LogP contribution in [0.3, 0.4) is 0 Å². The molecule has 1 nitrogen and oxygen atoms in total. The minimum Gasteiger partial charge on any atom is -0.314 e. The van der Waals surface area contributed by atoms with Gasteiger partial charge in [-0.2, -0.15) is 11.8 Å². The second-order valence-corrected chi connectivity index (χ2v) is 6.03. The average Bonchev–Trinajstić information content (AvgIpc) is 2.20. The summed E-state index contributed by atoms with van der Waals surface area (Å²) in [5.41, 5.74) is 0. The number of thioether (sulfide) groups is 1. The van der Waals surface area contributed by atoms with E-state index in [0.717, 1.165) is 18.4 Å². The molecule has 0 aliphatic rings. The molecule has 0 saturated carbocycles. The first-order chi connectivity index (χ1) is 7.13. The summed E-state index contributed by atoms with van der Waals surface area (Å²) in [6.07, 6.45) is 2.59. The molecule has 1 N–H and O–H groups in total. The fourth-order valence-electron chi connectivity index (χ4n) is 2.05. The Morgan fingerprint density at radius 3 is 2.27 bits per heavy atom. The molecule has 0 heterocycles. The van der Waals surface area contributed by atoms with Gasteiger partial charge >= 0.3 is 0 Å². The molecule has 0 aromatic rings. The first-order valence-corrected chi connectivity index (χ1v) is 7.60. The van der Waals surface area contributed by atoms with Crippen LogP contribution in [0.5, 0.6) is 0 Å². The molecule has 2 unspecified atom stereocenters. The van der Waals surface area contributed by atoms with E-state index in [1.807, 2.05) is 0 Å². The second-order valence-electron chi connectivity index (χ2n) is 4.64. The molecule has 2 atom stereocenters. The maximum Gasteiger partial charge on any atom is 0.00697 e. The van der Waals surface area contributed by atoms with Gasteiger partial charge in [0.15, 0.2) is 0 Å². The van der Waals surface area contributed by atoms with E-state index in [1.165, 1.54) is 24.3 Å². The summed E-state index contributed by atoms with van der Waals surface area (Å²) in [5, 5.41) is 3.63. The summed E-state index contributed by atoms with van der Waals surface area (Å²) < 4.78 is 0. The highest BCUT2D eigenvalue weighted by Crippen LogP contribution is 2.21. The van der Waals surface area contributed by atoms with Crippen LogP contribution >= 0.6 is 11.8 Å². The Kier molecular flexibility index (Phi) is 9.73. The van der Waals surface area contributed by atoms with Crippen LogP contribution in [-0.4, -0.2) is 24.1 Å². The lowest BCUT2D eigenvalue weighted by Gasteiger charge is -2.28. The largest absolute Gasteiger partial charge is 0.314 e. The monoisotopic (exact) mass is 231 g/mol. The summed E-state index contributed by atoms with van der Waals surface area (Å²) in [7, 11) is 0. The standard InChI is InChI=1S/C13H29NS/c1-6-9-14-12(5)13(11(3)4)8-10-15-7-2/h11-14H,6-10H2,1-5H3. The predicted molar refractivity (Wildman–Crippen MR) is 73.7 cm³/mol. The number of nitrogens with one attached hydrogen (secondary N) is 1. The molecule has 15 heavy (non-hydrogen) atoms. The lowest BCUT2D eigenvalue weighted by molar-refractivity contribution is 0.284. The molecule has 0 spiro atoms. The third kappa shape index (κ3) is 7.24. The summed E-state index contributed by atoms with van der Waals surface area (Å²) >= 11 is 2.07. The summed E-state index contributed by atoms with van der Waals surface area (Å²) in [5.74, 6) is 4.19. The van der Waals surface area contributed by atoms with E-state index in [2.05, 4.69) is 51.7 Å². The van der Waals surface area contributed by atoms with Crippen LogP contribution in [0.4, 0.5) is 0 Å². The van der Waals surface area contributed by atoms with Crippen LogP contribution in [0.15, 0.2) is 0 Å². The van der Waals surface area contributed by atoms with Crippen LogP contribution < -0.4 is 5.32 Å². The van der Waals surface area contributed by atoms with Gasteiger partial charge < -0.3 is 5.32 Å². The van der Waals surface area contributed by atoms with Crippen molar-refractivity contribution < 1.29 is 0 Å². The first-order valence-electron chi connectivity index (χ1n) is 6.44. The van der Waals surface area contributed by atoms with Crippen molar-refractivity contribution in [3.8, 4) is 0 Å². The van der Waals surface area contributed by atoms with Crippen LogP contribution in [0.2, 0.25) is 0 Å². The molecular weight excluding hydrogens is 202 g/mol. The van der Waals surface area contributed by atoms with Crippen molar-refractivity contribution in [1.29, 1.82) is 0 Å². The number of hydrogen-bond acceptors (Lipinski definition) is 2. The molecule has 0 aliphatic heterocycles. The summed E-state index contributed by atoms with van der Waals surface area (Å²) in [6, 6.07) is 0.669. The van der Waals surface area contributed by atoms with Gasteiger partial charge in [-0.25, -0.2) is 0 Å². The SMILES string of the molecule is CCCNC(C)C(CCSCC)C(C)C. The van der Waals surface area contributed by atoms with Crippen molar-refractivity contribution in [2.75, 3.05) is 18.1 Å². The van der Waals surface area contributed by atoms with Crippen LogP contribution in [0.25, 0.3) is 0 Å². The Balaban J connectivity index is 3.89. The normalized spacial score (nSPS) is 15.6. The van der Waals surface area contributed by atoms with Crippen LogP contribution in [-0.2, 0) is 0 Å². The average molecular weight is 231 g/mol. The Labute approximate surface area is 101 Å². The molecule has 0 aromatic carbocycles. The molecule has 0 saturated heterocycles. The van der Waals surface area contributed by atoms with Gasteiger partial charge in [0.05, 0.1) is 0 Å². The van der Waals surface area contributed by atoms with E-state index < -0.39 is 0 Å². The number of hydrogen-bond donors (Lipinski definition) is 1. The van der Waals surface area contributed by atoms with Gasteiger partial charge in [-0.05, 0) is 49.7 Å². The Bertz CT molecular complexity index is 136. The zero-order valence-corrected chi connectivity index (χ0v) is 12.0. The highest BCUT2D eigenvalue weighted by molar-refractivity contribution is 7.99. The number of rotatable bonds is 9. The summed E-state index contributed by atoms with van der Waals surface area (Å²) in [6.45, 7) is 12.7. The van der Waals surface area contributed by atoms with Gasteiger partial charge in [-0.3, -0.25) is 0 Å². The minimum absolute atomic E-state index is 0.669. The Morgan fingerprint density at radius 1 is 1.13 bits per heavy atom. The minimum atomic E-state index is 0.669. The van der Waals surface area contributed by atoms with Crippen molar-refractivity contribution >= 4 is 11.8 Å². The Morgan fingerprint density at radius 2 is 1.80 bits per heavy atom. The molecule has 92 valence electrons. The predicted octanol–water partition coefficient (Wildman–Crippen LogP) is 3.79. The third-order valence-corrected chi connectivity index (χ3v) is 3.95. The highest BCUT2D eigenvalue weighted by Gasteiger charge is 2.19. The lowest BCUT2D eigenvalue weighted by atomic mass is 9.87. The van der Waals surface area contributed by atoms with E-state index in [-0.39, 0.29) is 0 Å². The fraction of sp³-hybridized carbons (Fsp3) is 1.00. The molecule has 0 rings (SSSR count). The van der Waals surface area contributed by atoms with E-state index in [1.54, 1.807) is 0 Å². The molecule has 0 radical (unpaired) electrons. The van der Waals surface area contributed by atoms with Gasteiger partial charge in [0, 0.05) is 6.04 Å². The van der Waals surface area contributed by atoms with Crippen molar-refractivity contribution in [2.24, 2.45) is 11.8 Å². The molecule has 0 aromatic heterocycles. The van der Waals surface area contributed by atoms with Crippen LogP contribution in [0.1, 0.15) is 47.5 Å². The van der Waals surface area contributed by atoms with E-state index in [0.29, 0.717) is 6.04 Å². The maximum absolute atomic E-state index is 3.63. The molecule has 0 aliphatic carbocycles. The van der Waals surface area contributed by atoms with Gasteiger partial charge in [0.2, 0.25) is 0 Å². The van der Waals surface area contributed by atoms with Gasteiger partial charge in [-0.15, -0.1) is 0 Å². The zero-order valence-electron chi connectivity index (χ0n) is 11.2. The third-order valence-electron chi connectivity index (χ3n) is 3.01. The molecule has 2 heteroatoms. The smallest absolute Gasteiger partial charge is 0.00697 e. The fourth-order valence-corrected chi connectivity index (χ4v) is 2.78. The topological polar surface area (TPSA) is 12.0 Å². The maximum atomic E-state index is 3.63. The van der Waals surface area contributed by atoms with E-state index in [9.17, 15) is 0 Å². The van der Waals surface area contributed by atoms with E-state index >= 15 is 0 Å². The lowest BCUT2D eigenvalue weighted by Crippen LogP contribution is -2.37. The molecule has 0 fully saturated rings. The zero-order chi connectivity index (χ0) is 11.7. The van der Waals surface area contributed by atoms with Gasteiger partial charge in [0.1, 0.15) is 0 Å². The van der Waals surface area contributed by atoms with Gasteiger partial charge in [0.25, 0.3) is 0 Å². The second kappa shape index (κ2) is 9.53. The molecule has 0 amide bonds. The quantitative estimate of drug-likeness (QED) is 0.606.